The summed E-state index contributed by atoms with van der Waals surface area (Å²) in [5.41, 5.74) is 3.50. The quantitative estimate of drug-likeness (QED) is 0.353. The molecule has 1 atom stereocenters. The van der Waals surface area contributed by atoms with Crippen LogP contribution in [0.3, 0.4) is 0 Å². The van der Waals surface area contributed by atoms with Crippen molar-refractivity contribution in [2.24, 2.45) is 16.3 Å². The maximum atomic E-state index is 13.5. The summed E-state index contributed by atoms with van der Waals surface area (Å²) >= 11 is 7.61. The summed E-state index contributed by atoms with van der Waals surface area (Å²) in [7, 11) is 0. The molecule has 0 radical (unpaired) electrons. The highest BCUT2D eigenvalue weighted by Crippen LogP contribution is 2.45. The summed E-state index contributed by atoms with van der Waals surface area (Å²) < 4.78 is 5.40. The van der Waals surface area contributed by atoms with E-state index in [1.807, 2.05) is 24.3 Å². The first-order valence-electron chi connectivity index (χ1n) is 11.6. The topological polar surface area (TPSA) is 74.5 Å². The van der Waals surface area contributed by atoms with E-state index in [0.717, 1.165) is 30.4 Å². The number of nitriles is 1. The summed E-state index contributed by atoms with van der Waals surface area (Å²) in [6.45, 7) is 6.84. The smallest absolute Gasteiger partial charge is 0.259 e. The van der Waals surface area contributed by atoms with Gasteiger partial charge in [0.25, 0.3) is 5.91 Å². The highest BCUT2D eigenvalue weighted by molar-refractivity contribution is 7.16. The number of carbonyl (C=O) groups excluding carboxylic acids is 1. The molecule has 1 amide bonds. The number of ether oxygens (including phenoxy) is 1. The van der Waals surface area contributed by atoms with Crippen LogP contribution >= 0.6 is 22.9 Å². The van der Waals surface area contributed by atoms with Crippen LogP contribution in [-0.2, 0) is 12.8 Å². The van der Waals surface area contributed by atoms with Crippen molar-refractivity contribution in [3.63, 3.8) is 0 Å². The fourth-order valence-corrected chi connectivity index (χ4v) is 5.69. The maximum absolute atomic E-state index is 13.5. The first-order chi connectivity index (χ1) is 16.7. The predicted molar refractivity (Wildman–Crippen MR) is 143 cm³/mol. The van der Waals surface area contributed by atoms with E-state index in [1.54, 1.807) is 47.9 Å². The van der Waals surface area contributed by atoms with Crippen LogP contribution in [0.25, 0.3) is 0 Å². The van der Waals surface area contributed by atoms with Crippen LogP contribution in [0.2, 0.25) is 5.02 Å². The van der Waals surface area contributed by atoms with E-state index in [1.165, 1.54) is 4.88 Å². The Labute approximate surface area is 215 Å². The lowest BCUT2D eigenvalue weighted by Gasteiger charge is -2.33. The number of halogens is 1. The van der Waals surface area contributed by atoms with Crippen LogP contribution < -0.4 is 10.1 Å². The summed E-state index contributed by atoms with van der Waals surface area (Å²) in [4.78, 5) is 19.5. The molecular formula is C28H28ClN3O2S. The number of nitrogens with one attached hydrogen (secondary N) is 1. The Morgan fingerprint density at radius 3 is 2.77 bits per heavy atom. The van der Waals surface area contributed by atoms with Crippen LogP contribution in [-0.4, -0.2) is 18.7 Å². The monoisotopic (exact) mass is 505 g/mol. The molecule has 0 bridgehead atoms. The standard InChI is InChI=1S/C28H28ClN3O2S/c1-28(2,3)19-7-12-23-24(16-19)35-27(25(23)26(33)32-21-10-8-20(29)9-11-21)31-17-18-5-4-6-22(15-18)34-14-13-30/h4-6,8-11,15,17,19H,7,12,14,16H2,1-3H3,(H,32,33)/t19-/m1/s1. The Balaban J connectivity index is 1.67. The van der Waals surface area contributed by atoms with Gasteiger partial charge in [-0.3, -0.25) is 4.79 Å². The van der Waals surface area contributed by atoms with E-state index in [2.05, 4.69) is 26.1 Å². The molecule has 1 N–H and O–H groups in total. The Morgan fingerprint density at radius 2 is 2.06 bits per heavy atom. The molecule has 0 spiro atoms. The maximum Gasteiger partial charge on any atom is 0.259 e. The van der Waals surface area contributed by atoms with Gasteiger partial charge in [0.05, 0.1) is 5.56 Å². The van der Waals surface area contributed by atoms with Gasteiger partial charge in [0.2, 0.25) is 0 Å². The van der Waals surface area contributed by atoms with Gasteiger partial charge >= 0.3 is 0 Å². The van der Waals surface area contributed by atoms with Crippen LogP contribution in [0.1, 0.15) is 53.6 Å². The zero-order valence-electron chi connectivity index (χ0n) is 20.1. The molecule has 5 nitrogen and oxygen atoms in total. The molecule has 0 saturated carbocycles. The van der Waals surface area contributed by atoms with E-state index >= 15 is 0 Å². The van der Waals surface area contributed by atoms with Crippen molar-refractivity contribution >= 4 is 45.7 Å². The van der Waals surface area contributed by atoms with Crippen molar-refractivity contribution in [3.05, 3.63) is 75.1 Å². The van der Waals surface area contributed by atoms with Gasteiger partial charge < -0.3 is 10.1 Å². The SMILES string of the molecule is CC(C)(C)[C@@H]1CCc2c(sc(N=Cc3cccc(OCC#N)c3)c2C(=O)Nc2ccc(Cl)cc2)C1. The van der Waals surface area contributed by atoms with Crippen LogP contribution in [0.4, 0.5) is 10.7 Å². The number of thiophene rings is 1. The van der Waals surface area contributed by atoms with E-state index < -0.39 is 0 Å². The van der Waals surface area contributed by atoms with Gasteiger partial charge in [-0.25, -0.2) is 4.99 Å². The van der Waals surface area contributed by atoms with Gasteiger partial charge in [-0.1, -0.05) is 44.5 Å². The highest BCUT2D eigenvalue weighted by atomic mass is 35.5. The number of nitrogens with zero attached hydrogens (tertiary/aromatic N) is 2. The Bertz CT molecular complexity index is 1280. The minimum absolute atomic E-state index is 0.0117. The van der Waals surface area contributed by atoms with Crippen molar-refractivity contribution < 1.29 is 9.53 Å². The van der Waals surface area contributed by atoms with Gasteiger partial charge in [0.15, 0.2) is 6.61 Å². The van der Waals surface area contributed by atoms with E-state index in [4.69, 9.17) is 26.6 Å². The number of fused-ring (bicyclic) bond motifs is 1. The third-order valence-corrected chi connectivity index (χ3v) is 7.71. The molecule has 7 heteroatoms. The lowest BCUT2D eigenvalue weighted by atomic mass is 9.72. The van der Waals surface area contributed by atoms with Crippen molar-refractivity contribution in [1.29, 1.82) is 5.26 Å². The first-order valence-corrected chi connectivity index (χ1v) is 12.8. The van der Waals surface area contributed by atoms with Gasteiger partial charge in [-0.15, -0.1) is 11.3 Å². The van der Waals surface area contributed by atoms with Crippen LogP contribution in [0.15, 0.2) is 53.5 Å². The number of amides is 1. The molecule has 0 fully saturated rings. The average Bonchev–Trinajstić information content (AvgIpc) is 3.20. The minimum atomic E-state index is -0.155. The number of anilines is 1. The van der Waals surface area contributed by atoms with Crippen molar-refractivity contribution in [2.45, 2.75) is 40.0 Å². The number of hydrogen-bond donors (Lipinski definition) is 1. The summed E-state index contributed by atoms with van der Waals surface area (Å²) in [6.07, 6.45) is 4.62. The largest absolute Gasteiger partial charge is 0.479 e. The Morgan fingerprint density at radius 1 is 1.29 bits per heavy atom. The van der Waals surface area contributed by atoms with E-state index in [0.29, 0.717) is 32.9 Å². The minimum Gasteiger partial charge on any atom is -0.479 e. The predicted octanol–water partition coefficient (Wildman–Crippen LogP) is 7.46. The molecule has 2 aromatic carbocycles. The number of carbonyl (C=O) groups is 1. The lowest BCUT2D eigenvalue weighted by Crippen LogP contribution is -2.27. The number of benzene rings is 2. The van der Waals surface area contributed by atoms with Gasteiger partial charge in [0.1, 0.15) is 16.8 Å². The van der Waals surface area contributed by atoms with E-state index in [-0.39, 0.29) is 17.9 Å². The van der Waals surface area contributed by atoms with Crippen LogP contribution in [0, 0.1) is 22.7 Å². The Kier molecular flexibility index (Phi) is 7.59. The number of rotatable bonds is 6. The summed E-state index contributed by atoms with van der Waals surface area (Å²) in [5, 5.41) is 13.1. The first kappa shape index (κ1) is 25.0. The Hall–Kier alpha value is -3.14. The second kappa shape index (κ2) is 10.6. The van der Waals surface area contributed by atoms with Crippen LogP contribution in [0.5, 0.6) is 5.75 Å². The fraction of sp³-hybridized carbons (Fsp3) is 0.321. The molecule has 1 aliphatic carbocycles. The second-order valence-electron chi connectivity index (χ2n) is 9.73. The van der Waals surface area contributed by atoms with E-state index in [9.17, 15) is 4.79 Å². The summed E-state index contributed by atoms with van der Waals surface area (Å²) in [6, 6.07) is 16.5. The molecule has 180 valence electrons. The van der Waals surface area contributed by atoms with Gasteiger partial charge in [-0.2, -0.15) is 5.26 Å². The molecule has 0 unspecified atom stereocenters. The normalized spacial score (nSPS) is 15.5. The van der Waals surface area contributed by atoms with Crippen molar-refractivity contribution in [1.82, 2.24) is 0 Å². The summed E-state index contributed by atoms with van der Waals surface area (Å²) in [5.74, 6) is 1.01. The zero-order chi connectivity index (χ0) is 25.0. The molecular weight excluding hydrogens is 478 g/mol. The molecule has 1 aromatic heterocycles. The molecule has 35 heavy (non-hydrogen) atoms. The average molecular weight is 506 g/mol. The number of hydrogen-bond acceptors (Lipinski definition) is 5. The van der Waals surface area contributed by atoms with Crippen molar-refractivity contribution in [2.75, 3.05) is 11.9 Å². The zero-order valence-corrected chi connectivity index (χ0v) is 21.7. The number of aliphatic imine (C=N–C) groups is 1. The highest BCUT2D eigenvalue weighted by Gasteiger charge is 2.33. The molecule has 1 aliphatic rings. The molecule has 0 saturated heterocycles. The molecule has 3 aromatic rings. The third-order valence-electron chi connectivity index (χ3n) is 6.29. The lowest BCUT2D eigenvalue weighted by molar-refractivity contribution is 0.102. The van der Waals surface area contributed by atoms with Gasteiger partial charge in [-0.05, 0) is 78.1 Å². The van der Waals surface area contributed by atoms with Gasteiger partial charge in [0, 0.05) is 21.8 Å². The fourth-order valence-electron chi connectivity index (χ4n) is 4.30. The molecule has 4 rings (SSSR count). The third kappa shape index (κ3) is 6.11. The molecule has 1 heterocycles. The molecule has 0 aliphatic heterocycles. The second-order valence-corrected chi connectivity index (χ2v) is 11.2. The van der Waals surface area contributed by atoms with Crippen molar-refractivity contribution in [3.8, 4) is 11.8 Å².